The van der Waals surface area contributed by atoms with E-state index in [0.717, 1.165) is 18.3 Å². The van der Waals surface area contributed by atoms with Crippen molar-refractivity contribution in [3.8, 4) is 0 Å². The molecule has 1 aromatic rings. The normalized spacial score (nSPS) is 19.1. The van der Waals surface area contributed by atoms with Gasteiger partial charge in [-0.05, 0) is 19.3 Å². The first-order valence-corrected chi connectivity index (χ1v) is 6.32. The quantitative estimate of drug-likeness (QED) is 0.827. The van der Waals surface area contributed by atoms with E-state index in [0.29, 0.717) is 6.04 Å². The van der Waals surface area contributed by atoms with E-state index in [2.05, 4.69) is 22.3 Å². The summed E-state index contributed by atoms with van der Waals surface area (Å²) in [6.45, 7) is 3.05. The van der Waals surface area contributed by atoms with Crippen LogP contribution in [0.5, 0.6) is 0 Å². The van der Waals surface area contributed by atoms with Gasteiger partial charge in [-0.15, -0.1) is 0 Å². The number of hydrogen-bond donors (Lipinski definition) is 1. The molecule has 1 heterocycles. The zero-order valence-corrected chi connectivity index (χ0v) is 10.3. The monoisotopic (exact) mass is 222 g/mol. The molecule has 0 aromatic carbocycles. The highest BCUT2D eigenvalue weighted by molar-refractivity contribution is 4.82. The summed E-state index contributed by atoms with van der Waals surface area (Å²) < 4.78 is 1.75. The molecule has 4 heteroatoms. The van der Waals surface area contributed by atoms with Crippen LogP contribution in [0.1, 0.15) is 44.9 Å². The molecule has 0 saturated heterocycles. The van der Waals surface area contributed by atoms with Crippen LogP contribution in [0, 0.1) is 5.92 Å². The zero-order valence-electron chi connectivity index (χ0n) is 10.3. The van der Waals surface area contributed by atoms with Crippen LogP contribution in [0.25, 0.3) is 0 Å². The smallest absolute Gasteiger partial charge is 0.164 e. The summed E-state index contributed by atoms with van der Waals surface area (Å²) in [5.41, 5.74) is 0. The second-order valence-electron chi connectivity index (χ2n) is 5.00. The van der Waals surface area contributed by atoms with Crippen molar-refractivity contribution < 1.29 is 0 Å². The molecule has 1 aliphatic carbocycles. The van der Waals surface area contributed by atoms with Gasteiger partial charge in [-0.2, -0.15) is 5.10 Å². The van der Waals surface area contributed by atoms with E-state index < -0.39 is 0 Å². The molecule has 0 aliphatic heterocycles. The highest BCUT2D eigenvalue weighted by Gasteiger charge is 2.17. The summed E-state index contributed by atoms with van der Waals surface area (Å²) in [4.78, 5) is 4.21. The van der Waals surface area contributed by atoms with Crippen LogP contribution in [-0.2, 0) is 13.6 Å². The Labute approximate surface area is 97.5 Å². The van der Waals surface area contributed by atoms with Gasteiger partial charge in [0.05, 0.1) is 6.54 Å². The molecule has 1 aliphatic rings. The number of rotatable bonds is 5. The fraction of sp³-hybridized carbons (Fsp3) is 0.833. The minimum absolute atomic E-state index is 0.576. The summed E-state index contributed by atoms with van der Waals surface area (Å²) in [6.07, 6.45) is 8.76. The van der Waals surface area contributed by atoms with Crippen LogP contribution in [0.3, 0.4) is 0 Å². The summed E-state index contributed by atoms with van der Waals surface area (Å²) in [5.74, 6) is 1.83. The number of hydrogen-bond acceptors (Lipinski definition) is 3. The maximum atomic E-state index is 4.26. The van der Waals surface area contributed by atoms with E-state index in [-0.39, 0.29) is 0 Å². The van der Waals surface area contributed by atoms with Crippen molar-refractivity contribution in [3.63, 3.8) is 0 Å². The van der Waals surface area contributed by atoms with Gasteiger partial charge in [0, 0.05) is 13.1 Å². The second kappa shape index (κ2) is 5.43. The fourth-order valence-corrected chi connectivity index (χ4v) is 2.56. The molecule has 0 radical (unpaired) electrons. The number of aromatic nitrogens is 3. The largest absolute Gasteiger partial charge is 0.307 e. The van der Waals surface area contributed by atoms with E-state index in [9.17, 15) is 0 Å². The Hall–Kier alpha value is -0.900. The Morgan fingerprint density at radius 1 is 1.50 bits per heavy atom. The predicted molar refractivity (Wildman–Crippen MR) is 63.9 cm³/mol. The van der Waals surface area contributed by atoms with E-state index in [1.807, 2.05) is 7.05 Å². The van der Waals surface area contributed by atoms with Crippen molar-refractivity contribution in [2.75, 3.05) is 0 Å². The molecule has 1 saturated carbocycles. The SMILES string of the molecule is CC(CC1CCCC1)NCc1ncn(C)n1. The molecule has 4 nitrogen and oxygen atoms in total. The standard InChI is InChI=1S/C12H22N4/c1-10(7-11-5-3-4-6-11)13-8-12-14-9-16(2)15-12/h9-11,13H,3-8H2,1-2H3. The first kappa shape index (κ1) is 11.6. The highest BCUT2D eigenvalue weighted by Crippen LogP contribution is 2.28. The summed E-state index contributed by atoms with van der Waals surface area (Å²) in [6, 6.07) is 0.576. The third kappa shape index (κ3) is 3.30. The highest BCUT2D eigenvalue weighted by atomic mass is 15.3. The number of aryl methyl sites for hydroxylation is 1. The maximum Gasteiger partial charge on any atom is 0.164 e. The zero-order chi connectivity index (χ0) is 11.4. The summed E-state index contributed by atoms with van der Waals surface area (Å²) in [7, 11) is 1.90. The van der Waals surface area contributed by atoms with Crippen molar-refractivity contribution in [1.82, 2.24) is 20.1 Å². The summed E-state index contributed by atoms with van der Waals surface area (Å²) in [5, 5.41) is 7.76. The minimum atomic E-state index is 0.576. The molecule has 16 heavy (non-hydrogen) atoms. The van der Waals surface area contributed by atoms with Gasteiger partial charge in [-0.25, -0.2) is 4.98 Å². The molecule has 1 unspecified atom stereocenters. The van der Waals surface area contributed by atoms with E-state index in [1.54, 1.807) is 11.0 Å². The van der Waals surface area contributed by atoms with Crippen molar-refractivity contribution >= 4 is 0 Å². The van der Waals surface area contributed by atoms with Crippen LogP contribution in [0.2, 0.25) is 0 Å². The fourth-order valence-electron chi connectivity index (χ4n) is 2.56. The Morgan fingerprint density at radius 2 is 2.25 bits per heavy atom. The third-order valence-electron chi connectivity index (χ3n) is 3.42. The maximum absolute atomic E-state index is 4.26. The molecule has 1 atom stereocenters. The number of nitrogens with one attached hydrogen (secondary N) is 1. The van der Waals surface area contributed by atoms with Crippen LogP contribution in [0.15, 0.2) is 6.33 Å². The van der Waals surface area contributed by atoms with E-state index in [4.69, 9.17) is 0 Å². The molecule has 1 fully saturated rings. The van der Waals surface area contributed by atoms with Crippen LogP contribution in [0.4, 0.5) is 0 Å². The Morgan fingerprint density at radius 3 is 2.88 bits per heavy atom. The molecule has 1 aromatic heterocycles. The van der Waals surface area contributed by atoms with Gasteiger partial charge < -0.3 is 5.32 Å². The minimum Gasteiger partial charge on any atom is -0.307 e. The topological polar surface area (TPSA) is 42.7 Å². The van der Waals surface area contributed by atoms with Crippen molar-refractivity contribution in [2.45, 2.75) is 51.6 Å². The van der Waals surface area contributed by atoms with E-state index >= 15 is 0 Å². The van der Waals surface area contributed by atoms with Crippen molar-refractivity contribution in [3.05, 3.63) is 12.2 Å². The van der Waals surface area contributed by atoms with Gasteiger partial charge in [-0.1, -0.05) is 25.7 Å². The average Bonchev–Trinajstić information content (AvgIpc) is 2.87. The van der Waals surface area contributed by atoms with Gasteiger partial charge in [0.25, 0.3) is 0 Å². The van der Waals surface area contributed by atoms with Gasteiger partial charge in [0.15, 0.2) is 5.82 Å². The number of nitrogens with zero attached hydrogens (tertiary/aromatic N) is 3. The van der Waals surface area contributed by atoms with Crippen molar-refractivity contribution in [2.24, 2.45) is 13.0 Å². The average molecular weight is 222 g/mol. The lowest BCUT2D eigenvalue weighted by Crippen LogP contribution is -2.27. The van der Waals surface area contributed by atoms with Gasteiger partial charge in [0.2, 0.25) is 0 Å². The lowest BCUT2D eigenvalue weighted by atomic mass is 9.99. The van der Waals surface area contributed by atoms with Crippen molar-refractivity contribution in [1.29, 1.82) is 0 Å². The van der Waals surface area contributed by atoms with E-state index in [1.165, 1.54) is 32.1 Å². The first-order chi connectivity index (χ1) is 7.74. The lowest BCUT2D eigenvalue weighted by molar-refractivity contribution is 0.401. The predicted octanol–water partition coefficient (Wildman–Crippen LogP) is 1.87. The second-order valence-corrected chi connectivity index (χ2v) is 5.00. The molecule has 90 valence electrons. The van der Waals surface area contributed by atoms with Crippen LogP contribution < -0.4 is 5.32 Å². The van der Waals surface area contributed by atoms with Crippen LogP contribution in [-0.4, -0.2) is 20.8 Å². The molecular weight excluding hydrogens is 200 g/mol. The van der Waals surface area contributed by atoms with Gasteiger partial charge >= 0.3 is 0 Å². The molecule has 2 rings (SSSR count). The molecular formula is C12H22N4. The Bertz CT molecular complexity index is 315. The molecule has 0 amide bonds. The first-order valence-electron chi connectivity index (χ1n) is 6.32. The summed E-state index contributed by atoms with van der Waals surface area (Å²) >= 11 is 0. The third-order valence-corrected chi connectivity index (χ3v) is 3.42. The van der Waals surface area contributed by atoms with Crippen LogP contribution >= 0.6 is 0 Å². The Kier molecular flexibility index (Phi) is 3.93. The van der Waals surface area contributed by atoms with Gasteiger partial charge in [-0.3, -0.25) is 4.68 Å². The lowest BCUT2D eigenvalue weighted by Gasteiger charge is -2.16. The molecule has 0 spiro atoms. The van der Waals surface area contributed by atoms with Gasteiger partial charge in [0.1, 0.15) is 6.33 Å². The molecule has 0 bridgehead atoms. The molecule has 1 N–H and O–H groups in total. The Balaban J connectivity index is 1.68.